The van der Waals surface area contributed by atoms with E-state index in [4.69, 9.17) is 14.9 Å². The standard InChI is InChI=1S/C13H13N3O7S/c1-2-22-13(19)8-9(12(17)18)11(24-10(8)14)15-5-6-3-4-7(23-6)16(20)21/h3-4,10H,2,5,14H2,1H3,(H,17,18). The predicted molar refractivity (Wildman–Crippen MR) is 83.4 cm³/mol. The third-order valence-electron chi connectivity index (χ3n) is 2.92. The summed E-state index contributed by atoms with van der Waals surface area (Å²) in [5.41, 5.74) is 5.29. The molecule has 1 aromatic rings. The van der Waals surface area contributed by atoms with Gasteiger partial charge in [0.2, 0.25) is 0 Å². The second kappa shape index (κ2) is 7.27. The highest BCUT2D eigenvalue weighted by atomic mass is 32.2. The Morgan fingerprint density at radius 1 is 1.54 bits per heavy atom. The maximum atomic E-state index is 11.9. The van der Waals surface area contributed by atoms with Crippen molar-refractivity contribution in [2.24, 2.45) is 10.7 Å². The van der Waals surface area contributed by atoms with Crippen LogP contribution in [0.2, 0.25) is 0 Å². The van der Waals surface area contributed by atoms with E-state index in [1.165, 1.54) is 12.1 Å². The molecule has 2 rings (SSSR count). The molecule has 0 saturated carbocycles. The molecule has 24 heavy (non-hydrogen) atoms. The first-order chi connectivity index (χ1) is 11.3. The van der Waals surface area contributed by atoms with E-state index in [1.807, 2.05) is 0 Å². The van der Waals surface area contributed by atoms with Crippen molar-refractivity contribution < 1.29 is 28.8 Å². The van der Waals surface area contributed by atoms with Crippen molar-refractivity contribution in [3.8, 4) is 0 Å². The molecule has 11 heteroatoms. The first-order valence-electron chi connectivity index (χ1n) is 6.69. The number of aliphatic carboxylic acids is 1. The molecule has 0 aliphatic carbocycles. The Balaban J connectivity index is 2.29. The summed E-state index contributed by atoms with van der Waals surface area (Å²) in [7, 11) is 0. The van der Waals surface area contributed by atoms with Gasteiger partial charge in [-0.1, -0.05) is 11.8 Å². The zero-order valence-electron chi connectivity index (χ0n) is 12.4. The van der Waals surface area contributed by atoms with Crippen LogP contribution in [0.3, 0.4) is 0 Å². The number of ether oxygens (including phenoxy) is 1. The number of thioether (sulfide) groups is 1. The third-order valence-corrected chi connectivity index (χ3v) is 3.97. The van der Waals surface area contributed by atoms with E-state index in [9.17, 15) is 24.8 Å². The summed E-state index contributed by atoms with van der Waals surface area (Å²) in [6, 6.07) is 2.53. The van der Waals surface area contributed by atoms with Gasteiger partial charge in [0.1, 0.15) is 21.3 Å². The lowest BCUT2D eigenvalue weighted by molar-refractivity contribution is -0.402. The second-order valence-corrected chi connectivity index (χ2v) is 5.60. The molecule has 0 amide bonds. The van der Waals surface area contributed by atoms with Gasteiger partial charge in [-0.25, -0.2) is 9.59 Å². The molecule has 0 bridgehead atoms. The lowest BCUT2D eigenvalue weighted by Gasteiger charge is -2.06. The lowest BCUT2D eigenvalue weighted by atomic mass is 10.1. The van der Waals surface area contributed by atoms with Crippen molar-refractivity contribution in [1.29, 1.82) is 0 Å². The fourth-order valence-electron chi connectivity index (χ4n) is 1.95. The quantitative estimate of drug-likeness (QED) is 0.432. The molecule has 0 aromatic carbocycles. The first-order valence-corrected chi connectivity index (χ1v) is 7.57. The van der Waals surface area contributed by atoms with Crippen molar-refractivity contribution in [2.45, 2.75) is 18.8 Å². The summed E-state index contributed by atoms with van der Waals surface area (Å²) < 4.78 is 9.75. The number of carboxylic acid groups (broad SMARTS) is 1. The molecule has 10 nitrogen and oxygen atoms in total. The van der Waals surface area contributed by atoms with Crippen LogP contribution in [0.1, 0.15) is 12.7 Å². The van der Waals surface area contributed by atoms with E-state index in [1.54, 1.807) is 6.92 Å². The molecule has 0 fully saturated rings. The Hall–Kier alpha value is -2.66. The molecule has 1 unspecified atom stereocenters. The molecule has 0 spiro atoms. The average molecular weight is 355 g/mol. The van der Waals surface area contributed by atoms with E-state index in [0.29, 0.717) is 0 Å². The molecule has 1 aliphatic rings. The van der Waals surface area contributed by atoms with Crippen LogP contribution < -0.4 is 5.73 Å². The third kappa shape index (κ3) is 3.63. The molecule has 1 aromatic heterocycles. The summed E-state index contributed by atoms with van der Waals surface area (Å²) in [5.74, 6) is -2.43. The number of rotatable bonds is 6. The Morgan fingerprint density at radius 3 is 2.79 bits per heavy atom. The predicted octanol–water partition coefficient (Wildman–Crippen LogP) is 1.06. The molecule has 1 atom stereocenters. The zero-order chi connectivity index (χ0) is 17.9. The number of furan rings is 1. The molecule has 0 radical (unpaired) electrons. The van der Waals surface area contributed by atoms with E-state index < -0.39 is 28.1 Å². The first kappa shape index (κ1) is 17.7. The van der Waals surface area contributed by atoms with Gasteiger partial charge in [0.05, 0.1) is 30.2 Å². The van der Waals surface area contributed by atoms with Crippen LogP contribution in [0.15, 0.2) is 32.7 Å². The molecular formula is C13H13N3O7S. The van der Waals surface area contributed by atoms with Crippen molar-refractivity contribution in [2.75, 3.05) is 6.61 Å². The topological polar surface area (TPSA) is 158 Å². The summed E-state index contributed by atoms with van der Waals surface area (Å²) in [4.78, 5) is 37.2. The van der Waals surface area contributed by atoms with Crippen LogP contribution in [0.4, 0.5) is 5.88 Å². The van der Waals surface area contributed by atoms with Gasteiger partial charge in [0.25, 0.3) is 0 Å². The number of carbonyl (C=O) groups excluding carboxylic acids is 1. The van der Waals surface area contributed by atoms with Gasteiger partial charge in [0.15, 0.2) is 0 Å². The number of aliphatic imine (C=N–C) groups is 1. The lowest BCUT2D eigenvalue weighted by Crippen LogP contribution is -2.24. The summed E-state index contributed by atoms with van der Waals surface area (Å²) >= 11 is 0.893. The number of hydrogen-bond donors (Lipinski definition) is 2. The summed E-state index contributed by atoms with van der Waals surface area (Å²) in [6.07, 6.45) is 0. The van der Waals surface area contributed by atoms with E-state index in [2.05, 4.69) is 4.99 Å². The fourth-order valence-corrected chi connectivity index (χ4v) is 2.97. The second-order valence-electron chi connectivity index (χ2n) is 4.47. The zero-order valence-corrected chi connectivity index (χ0v) is 13.2. The van der Waals surface area contributed by atoms with Gasteiger partial charge in [-0.2, -0.15) is 0 Å². The molecule has 3 N–H and O–H groups in total. The highest BCUT2D eigenvalue weighted by Crippen LogP contribution is 2.33. The van der Waals surface area contributed by atoms with Crippen LogP contribution in [0, 0.1) is 10.1 Å². The van der Waals surface area contributed by atoms with Crippen molar-refractivity contribution in [3.63, 3.8) is 0 Å². The summed E-state index contributed by atoms with van der Waals surface area (Å²) in [5, 5.41) is 19.0. The number of nitrogens with two attached hydrogens (primary N) is 1. The molecule has 1 aliphatic heterocycles. The molecular weight excluding hydrogens is 342 g/mol. The average Bonchev–Trinajstić information content (AvgIpc) is 3.09. The van der Waals surface area contributed by atoms with Crippen LogP contribution >= 0.6 is 11.8 Å². The number of esters is 1. The fraction of sp³-hybridized carbons (Fsp3) is 0.308. The number of carboxylic acids is 1. The molecule has 128 valence electrons. The van der Waals surface area contributed by atoms with Gasteiger partial charge in [-0.3, -0.25) is 15.1 Å². The van der Waals surface area contributed by atoms with Gasteiger partial charge >= 0.3 is 17.8 Å². The number of nitrogens with zero attached hydrogens (tertiary/aromatic N) is 2. The van der Waals surface area contributed by atoms with Crippen molar-refractivity contribution in [1.82, 2.24) is 0 Å². The number of carbonyl (C=O) groups is 2. The maximum absolute atomic E-state index is 11.9. The van der Waals surface area contributed by atoms with E-state index >= 15 is 0 Å². The molecule has 2 heterocycles. The van der Waals surface area contributed by atoms with Crippen molar-refractivity contribution >= 4 is 34.6 Å². The number of hydrogen-bond acceptors (Lipinski definition) is 9. The minimum atomic E-state index is -1.36. The van der Waals surface area contributed by atoms with Crippen LogP contribution in [-0.4, -0.2) is 39.0 Å². The Morgan fingerprint density at radius 2 is 2.25 bits per heavy atom. The van der Waals surface area contributed by atoms with E-state index in [-0.39, 0.29) is 35.1 Å². The monoisotopic (exact) mass is 355 g/mol. The Labute approximate surface area is 139 Å². The van der Waals surface area contributed by atoms with Crippen molar-refractivity contribution in [3.05, 3.63) is 39.2 Å². The van der Waals surface area contributed by atoms with E-state index in [0.717, 1.165) is 11.8 Å². The van der Waals surface area contributed by atoms with Gasteiger partial charge in [-0.05, 0) is 13.0 Å². The molecule has 0 saturated heterocycles. The SMILES string of the molecule is CCOC(=O)C1=C(C(=O)O)C(=NCc2ccc([N+](=O)[O-])o2)SC1N. The maximum Gasteiger partial charge on any atom is 0.433 e. The minimum absolute atomic E-state index is 0.0390. The summed E-state index contributed by atoms with van der Waals surface area (Å²) in [6.45, 7) is 1.54. The largest absolute Gasteiger partial charge is 0.478 e. The van der Waals surface area contributed by atoms with Crippen LogP contribution in [-0.2, 0) is 20.9 Å². The Kier molecular flexibility index (Phi) is 5.36. The van der Waals surface area contributed by atoms with Gasteiger partial charge < -0.3 is 20.0 Å². The smallest absolute Gasteiger partial charge is 0.433 e. The van der Waals surface area contributed by atoms with Gasteiger partial charge in [-0.15, -0.1) is 0 Å². The van der Waals surface area contributed by atoms with Crippen LogP contribution in [0.5, 0.6) is 0 Å². The van der Waals surface area contributed by atoms with Gasteiger partial charge in [0, 0.05) is 0 Å². The Bertz CT molecular complexity index is 753. The highest BCUT2D eigenvalue weighted by molar-refractivity contribution is 8.15. The number of nitro groups is 1. The normalized spacial score (nSPS) is 18.9. The highest BCUT2D eigenvalue weighted by Gasteiger charge is 2.38. The minimum Gasteiger partial charge on any atom is -0.478 e. The van der Waals surface area contributed by atoms with Crippen LogP contribution in [0.25, 0.3) is 0 Å².